The van der Waals surface area contributed by atoms with Crippen molar-refractivity contribution in [3.05, 3.63) is 83.8 Å². The minimum Gasteiger partial charge on any atom is -0.394 e. The van der Waals surface area contributed by atoms with Gasteiger partial charge in [-0.05, 0) is 54.3 Å². The average Bonchev–Trinajstić information content (AvgIpc) is 3.60. The number of aromatic nitrogens is 6. The fraction of sp³-hybridized carbons (Fsp3) is 0.185. The molecule has 184 valence electrons. The maximum absolute atomic E-state index is 13.6. The topological polar surface area (TPSA) is 93.7 Å². The lowest BCUT2D eigenvalue weighted by Gasteiger charge is -2.15. The minimum absolute atomic E-state index is 0.0704. The molecule has 0 saturated carbocycles. The number of thiophene rings is 1. The van der Waals surface area contributed by atoms with E-state index in [0.29, 0.717) is 13.1 Å². The molecule has 0 bridgehead atoms. The third-order valence-electron chi connectivity index (χ3n) is 6.83. The van der Waals surface area contributed by atoms with E-state index in [0.717, 1.165) is 62.3 Å². The summed E-state index contributed by atoms with van der Waals surface area (Å²) in [6.45, 7) is 1.07. The van der Waals surface area contributed by atoms with E-state index < -0.39 is 0 Å². The molecule has 0 unspecified atom stereocenters. The summed E-state index contributed by atoms with van der Waals surface area (Å²) in [5, 5.41) is 23.9. The van der Waals surface area contributed by atoms with E-state index in [1.54, 1.807) is 23.7 Å². The first-order chi connectivity index (χ1) is 18.2. The van der Waals surface area contributed by atoms with Crippen LogP contribution < -0.4 is 5.32 Å². The highest BCUT2D eigenvalue weighted by molar-refractivity contribution is 7.22. The smallest absolute Gasteiger partial charge is 0.142 e. The molecule has 2 N–H and O–H groups in total. The van der Waals surface area contributed by atoms with Crippen LogP contribution in [-0.2, 0) is 25.9 Å². The number of rotatable bonds is 6. The van der Waals surface area contributed by atoms with Crippen LogP contribution in [0.2, 0.25) is 0 Å². The first kappa shape index (κ1) is 22.1. The summed E-state index contributed by atoms with van der Waals surface area (Å²) in [6.07, 6.45) is 7.05. The summed E-state index contributed by atoms with van der Waals surface area (Å²) in [4.78, 5) is 11.3. The van der Waals surface area contributed by atoms with E-state index in [2.05, 4.69) is 25.5 Å². The summed E-state index contributed by atoms with van der Waals surface area (Å²) >= 11 is 1.66. The normalized spacial score (nSPS) is 12.7. The Balaban J connectivity index is 1.22. The average molecular weight is 512 g/mol. The van der Waals surface area contributed by atoms with E-state index >= 15 is 0 Å². The minimum atomic E-state index is -0.248. The Kier molecular flexibility index (Phi) is 5.22. The predicted molar refractivity (Wildman–Crippen MR) is 142 cm³/mol. The van der Waals surface area contributed by atoms with Gasteiger partial charge in [0, 0.05) is 27.2 Å². The molecule has 4 aromatic heterocycles. The number of hydrogen-bond donors (Lipinski definition) is 2. The van der Waals surface area contributed by atoms with Crippen molar-refractivity contribution in [3.8, 4) is 10.4 Å². The molecule has 0 fully saturated rings. The lowest BCUT2D eigenvalue weighted by molar-refractivity contribution is 0.267. The Morgan fingerprint density at radius 3 is 2.84 bits per heavy atom. The Morgan fingerprint density at radius 2 is 1.95 bits per heavy atom. The summed E-state index contributed by atoms with van der Waals surface area (Å²) in [6, 6.07) is 12.7. The molecular weight excluding hydrogens is 489 g/mol. The second-order valence-electron chi connectivity index (χ2n) is 9.09. The highest BCUT2D eigenvalue weighted by Crippen LogP contribution is 2.45. The number of aliphatic hydroxyl groups excluding tert-OH is 1. The van der Waals surface area contributed by atoms with Gasteiger partial charge in [0.25, 0.3) is 0 Å². The van der Waals surface area contributed by atoms with Crippen LogP contribution in [0.25, 0.3) is 31.6 Å². The fourth-order valence-corrected chi connectivity index (χ4v) is 6.40. The number of hydrogen-bond acceptors (Lipinski definition) is 7. The molecule has 7 rings (SSSR count). The molecule has 4 heterocycles. The van der Waals surface area contributed by atoms with Gasteiger partial charge in [-0.15, -0.1) is 11.3 Å². The van der Waals surface area contributed by atoms with Crippen molar-refractivity contribution in [1.82, 2.24) is 29.5 Å². The van der Waals surface area contributed by atoms with Crippen LogP contribution in [0.4, 0.5) is 15.9 Å². The highest BCUT2D eigenvalue weighted by atomic mass is 32.1. The molecule has 0 spiro atoms. The molecule has 0 amide bonds. The van der Waals surface area contributed by atoms with Gasteiger partial charge in [0.05, 0.1) is 43.0 Å². The van der Waals surface area contributed by atoms with E-state index in [1.807, 2.05) is 46.0 Å². The molecule has 1 aliphatic carbocycles. The van der Waals surface area contributed by atoms with Crippen molar-refractivity contribution in [1.29, 1.82) is 0 Å². The molecule has 0 saturated heterocycles. The van der Waals surface area contributed by atoms with Crippen molar-refractivity contribution < 1.29 is 9.50 Å². The monoisotopic (exact) mass is 511 g/mol. The summed E-state index contributed by atoms with van der Waals surface area (Å²) in [5.74, 6) is 0.530. The van der Waals surface area contributed by atoms with Crippen LogP contribution in [0, 0.1) is 5.82 Å². The van der Waals surface area contributed by atoms with Crippen molar-refractivity contribution >= 4 is 44.0 Å². The first-order valence-corrected chi connectivity index (χ1v) is 12.9. The van der Waals surface area contributed by atoms with Gasteiger partial charge < -0.3 is 10.4 Å². The number of nitrogens with one attached hydrogen (secondary N) is 1. The molecule has 37 heavy (non-hydrogen) atoms. The van der Waals surface area contributed by atoms with E-state index in [4.69, 9.17) is 0 Å². The van der Waals surface area contributed by atoms with Crippen molar-refractivity contribution in [2.45, 2.75) is 25.9 Å². The number of benzene rings is 2. The van der Waals surface area contributed by atoms with E-state index in [9.17, 15) is 9.50 Å². The third-order valence-corrected chi connectivity index (χ3v) is 8.00. The SMILES string of the molecule is OCCn1ncc2c1CCc1c-2sc2ncnc(Nc3ccc4c(cnn4Cc4cccc(F)c4)c3)c12. The molecule has 2 aromatic carbocycles. The fourth-order valence-electron chi connectivity index (χ4n) is 5.17. The van der Waals surface area contributed by atoms with Crippen LogP contribution >= 0.6 is 11.3 Å². The van der Waals surface area contributed by atoms with Crippen molar-refractivity contribution in [2.24, 2.45) is 0 Å². The van der Waals surface area contributed by atoms with Gasteiger partial charge in [-0.3, -0.25) is 9.36 Å². The van der Waals surface area contributed by atoms with Gasteiger partial charge in [-0.25, -0.2) is 14.4 Å². The maximum atomic E-state index is 13.6. The standard InChI is InChI=1S/C27H22FN7OS/c28-18-3-1-2-16(10-18)14-35-22-6-4-19(11-17(22)12-31-35)33-26-24-20-5-7-23-21(13-32-34(23)8-9-36)25(20)37-27(24)30-15-29-26/h1-4,6,10-13,15,36H,5,7-9,14H2,(H,29,30,33). The van der Waals surface area contributed by atoms with Crippen molar-refractivity contribution in [3.63, 3.8) is 0 Å². The largest absolute Gasteiger partial charge is 0.394 e. The molecule has 0 radical (unpaired) electrons. The number of aliphatic hydroxyl groups is 1. The van der Waals surface area contributed by atoms with Gasteiger partial charge >= 0.3 is 0 Å². The van der Waals surface area contributed by atoms with Crippen LogP contribution in [0.1, 0.15) is 16.8 Å². The zero-order chi connectivity index (χ0) is 24.9. The predicted octanol–water partition coefficient (Wildman–Crippen LogP) is 4.93. The summed E-state index contributed by atoms with van der Waals surface area (Å²) in [5.41, 5.74) is 6.27. The number of aryl methyl sites for hydroxylation is 1. The van der Waals surface area contributed by atoms with E-state index in [1.165, 1.54) is 22.6 Å². The molecule has 10 heteroatoms. The van der Waals surface area contributed by atoms with Crippen LogP contribution in [0.5, 0.6) is 0 Å². The number of halogens is 1. The van der Waals surface area contributed by atoms with E-state index in [-0.39, 0.29) is 12.4 Å². The van der Waals surface area contributed by atoms with Gasteiger partial charge in [0.15, 0.2) is 0 Å². The second kappa shape index (κ2) is 8.75. The zero-order valence-electron chi connectivity index (χ0n) is 19.7. The number of nitrogens with zero attached hydrogens (tertiary/aromatic N) is 6. The molecule has 0 aliphatic heterocycles. The van der Waals surface area contributed by atoms with Gasteiger partial charge in [0.1, 0.15) is 22.8 Å². The second-order valence-corrected chi connectivity index (χ2v) is 10.1. The summed E-state index contributed by atoms with van der Waals surface area (Å²) < 4.78 is 17.4. The molecule has 0 atom stereocenters. The van der Waals surface area contributed by atoms with Crippen molar-refractivity contribution in [2.75, 3.05) is 11.9 Å². The molecule has 8 nitrogen and oxygen atoms in total. The third kappa shape index (κ3) is 3.76. The highest BCUT2D eigenvalue weighted by Gasteiger charge is 2.26. The van der Waals surface area contributed by atoms with Crippen LogP contribution in [0.3, 0.4) is 0 Å². The first-order valence-electron chi connectivity index (χ1n) is 12.1. The Labute approximate surface area is 215 Å². The number of anilines is 2. The van der Waals surface area contributed by atoms with Gasteiger partial charge in [0.2, 0.25) is 0 Å². The quantitative estimate of drug-likeness (QED) is 0.330. The van der Waals surface area contributed by atoms with Crippen LogP contribution in [0.15, 0.2) is 61.2 Å². The van der Waals surface area contributed by atoms with Gasteiger partial charge in [-0.1, -0.05) is 12.1 Å². The Hall–Kier alpha value is -4.15. The Bertz CT molecular complexity index is 1790. The maximum Gasteiger partial charge on any atom is 0.142 e. The summed E-state index contributed by atoms with van der Waals surface area (Å²) in [7, 11) is 0. The lowest BCUT2D eigenvalue weighted by Crippen LogP contribution is -2.11. The molecule has 6 aromatic rings. The van der Waals surface area contributed by atoms with Crippen LogP contribution in [-0.4, -0.2) is 41.2 Å². The lowest BCUT2D eigenvalue weighted by atomic mass is 9.95. The number of fused-ring (bicyclic) bond motifs is 6. The molecular formula is C27H22FN7OS. The van der Waals surface area contributed by atoms with Gasteiger partial charge in [-0.2, -0.15) is 10.2 Å². The Morgan fingerprint density at radius 1 is 1.03 bits per heavy atom. The molecule has 1 aliphatic rings. The zero-order valence-corrected chi connectivity index (χ0v) is 20.5.